The molecule has 0 saturated heterocycles. The number of amides is 1. The molecule has 0 spiro atoms. The Morgan fingerprint density at radius 3 is 2.83 bits per heavy atom. The van der Waals surface area contributed by atoms with Crippen molar-refractivity contribution in [1.82, 2.24) is 14.9 Å². The third-order valence-electron chi connectivity index (χ3n) is 2.49. The first-order valence-electron chi connectivity index (χ1n) is 6.09. The summed E-state index contributed by atoms with van der Waals surface area (Å²) >= 11 is 0. The number of nitrogens with zero attached hydrogens (tertiary/aromatic N) is 3. The van der Waals surface area contributed by atoms with E-state index in [0.29, 0.717) is 37.8 Å². The molecule has 0 aliphatic heterocycles. The van der Waals surface area contributed by atoms with Crippen LogP contribution in [0.1, 0.15) is 24.3 Å². The second kappa shape index (κ2) is 7.60. The number of ether oxygens (including phenoxy) is 1. The molecule has 1 aromatic heterocycles. The van der Waals surface area contributed by atoms with Crippen LogP contribution in [0.5, 0.6) is 0 Å². The highest BCUT2D eigenvalue weighted by Crippen LogP contribution is 2.04. The van der Waals surface area contributed by atoms with Crippen molar-refractivity contribution in [3.05, 3.63) is 18.1 Å². The van der Waals surface area contributed by atoms with Crippen LogP contribution in [0.15, 0.2) is 12.4 Å². The van der Waals surface area contributed by atoms with Gasteiger partial charge in [0.25, 0.3) is 5.91 Å². The highest BCUT2D eigenvalue weighted by atomic mass is 16.5. The lowest BCUT2D eigenvalue weighted by Gasteiger charge is -2.20. The summed E-state index contributed by atoms with van der Waals surface area (Å²) in [5.41, 5.74) is 0.347. The van der Waals surface area contributed by atoms with Crippen LogP contribution >= 0.6 is 0 Å². The Kier molecular flexibility index (Phi) is 6.07. The van der Waals surface area contributed by atoms with E-state index in [1.54, 1.807) is 18.1 Å². The van der Waals surface area contributed by atoms with Gasteiger partial charge in [0.1, 0.15) is 11.5 Å². The number of hydrogen-bond donors (Lipinski definition) is 1. The summed E-state index contributed by atoms with van der Waals surface area (Å²) < 4.78 is 5.25. The largest absolute Gasteiger partial charge is 0.380 e. The minimum atomic E-state index is -0.123. The Balaban J connectivity index is 2.69. The molecule has 1 aromatic rings. The standard InChI is InChI=1S/C12H20N4O2/c1-4-16(6-7-18-5-2)12(17)10-8-14-9-11(13-3)15-10/h8-9H,4-7H2,1-3H3,(H,13,15). The van der Waals surface area contributed by atoms with Crippen LogP contribution in [-0.4, -0.2) is 54.1 Å². The fourth-order valence-electron chi connectivity index (χ4n) is 1.47. The molecule has 0 bridgehead atoms. The predicted octanol–water partition coefficient (Wildman–Crippen LogP) is 1.02. The number of aromatic nitrogens is 2. The SMILES string of the molecule is CCOCCN(CC)C(=O)c1cncc(NC)n1. The summed E-state index contributed by atoms with van der Waals surface area (Å²) in [6.45, 7) is 6.24. The zero-order chi connectivity index (χ0) is 13.4. The van der Waals surface area contributed by atoms with Gasteiger partial charge in [-0.1, -0.05) is 0 Å². The second-order valence-corrected chi connectivity index (χ2v) is 3.62. The minimum Gasteiger partial charge on any atom is -0.380 e. The third-order valence-corrected chi connectivity index (χ3v) is 2.49. The summed E-state index contributed by atoms with van der Waals surface area (Å²) in [6, 6.07) is 0. The van der Waals surface area contributed by atoms with Crippen molar-refractivity contribution in [2.24, 2.45) is 0 Å². The van der Waals surface area contributed by atoms with Gasteiger partial charge in [0.15, 0.2) is 0 Å². The fraction of sp³-hybridized carbons (Fsp3) is 0.583. The number of rotatable bonds is 7. The van der Waals surface area contributed by atoms with Gasteiger partial charge in [-0.05, 0) is 13.8 Å². The van der Waals surface area contributed by atoms with Crippen molar-refractivity contribution in [2.75, 3.05) is 38.7 Å². The highest BCUT2D eigenvalue weighted by molar-refractivity contribution is 5.92. The lowest BCUT2D eigenvalue weighted by atomic mass is 10.3. The Labute approximate surface area is 107 Å². The van der Waals surface area contributed by atoms with E-state index in [1.807, 2.05) is 13.8 Å². The molecule has 6 heteroatoms. The van der Waals surface area contributed by atoms with Crippen LogP contribution in [0.2, 0.25) is 0 Å². The van der Waals surface area contributed by atoms with Crippen molar-refractivity contribution in [2.45, 2.75) is 13.8 Å². The van der Waals surface area contributed by atoms with Crippen LogP contribution in [0.4, 0.5) is 5.82 Å². The molecule has 1 heterocycles. The lowest BCUT2D eigenvalue weighted by molar-refractivity contribution is 0.0663. The Morgan fingerprint density at radius 2 is 2.22 bits per heavy atom. The molecule has 0 aliphatic carbocycles. The molecule has 0 fully saturated rings. The average molecular weight is 252 g/mol. The monoisotopic (exact) mass is 252 g/mol. The van der Waals surface area contributed by atoms with Crippen molar-refractivity contribution < 1.29 is 9.53 Å². The molecule has 0 atom stereocenters. The Bertz CT molecular complexity index is 384. The third kappa shape index (κ3) is 3.96. The maximum Gasteiger partial charge on any atom is 0.274 e. The zero-order valence-corrected chi connectivity index (χ0v) is 11.1. The number of carbonyl (C=O) groups excluding carboxylic acids is 1. The normalized spacial score (nSPS) is 10.2. The zero-order valence-electron chi connectivity index (χ0n) is 11.1. The van der Waals surface area contributed by atoms with Crippen LogP contribution in [0.25, 0.3) is 0 Å². The van der Waals surface area contributed by atoms with E-state index < -0.39 is 0 Å². The quantitative estimate of drug-likeness (QED) is 0.734. The number of carbonyl (C=O) groups is 1. The molecule has 0 aliphatic rings. The summed E-state index contributed by atoms with van der Waals surface area (Å²) in [5, 5.41) is 2.86. The molecule has 100 valence electrons. The molecule has 1 rings (SSSR count). The van der Waals surface area contributed by atoms with E-state index in [9.17, 15) is 4.79 Å². The molecule has 6 nitrogen and oxygen atoms in total. The van der Waals surface area contributed by atoms with Gasteiger partial charge in [0.2, 0.25) is 0 Å². The van der Waals surface area contributed by atoms with Gasteiger partial charge in [0.05, 0.1) is 19.0 Å². The summed E-state index contributed by atoms with van der Waals surface area (Å²) in [4.78, 5) is 22.0. The summed E-state index contributed by atoms with van der Waals surface area (Å²) in [5.74, 6) is 0.462. The van der Waals surface area contributed by atoms with Crippen molar-refractivity contribution >= 4 is 11.7 Å². The van der Waals surface area contributed by atoms with Crippen LogP contribution in [-0.2, 0) is 4.74 Å². The van der Waals surface area contributed by atoms with E-state index in [1.165, 1.54) is 6.20 Å². The molecule has 1 N–H and O–H groups in total. The number of hydrogen-bond acceptors (Lipinski definition) is 5. The number of anilines is 1. The molecule has 18 heavy (non-hydrogen) atoms. The number of likely N-dealkylation sites (N-methyl/N-ethyl adjacent to an activating group) is 1. The lowest BCUT2D eigenvalue weighted by Crippen LogP contribution is -2.34. The first-order valence-corrected chi connectivity index (χ1v) is 6.09. The summed E-state index contributed by atoms with van der Waals surface area (Å²) in [7, 11) is 1.74. The maximum absolute atomic E-state index is 12.2. The van der Waals surface area contributed by atoms with E-state index in [0.717, 1.165) is 0 Å². The van der Waals surface area contributed by atoms with Gasteiger partial charge >= 0.3 is 0 Å². The van der Waals surface area contributed by atoms with Gasteiger partial charge in [-0.3, -0.25) is 9.78 Å². The Morgan fingerprint density at radius 1 is 1.44 bits per heavy atom. The minimum absolute atomic E-state index is 0.123. The summed E-state index contributed by atoms with van der Waals surface area (Å²) in [6.07, 6.45) is 3.06. The first-order chi connectivity index (χ1) is 8.72. The smallest absolute Gasteiger partial charge is 0.274 e. The number of nitrogens with one attached hydrogen (secondary N) is 1. The first kappa shape index (κ1) is 14.4. The van der Waals surface area contributed by atoms with Crippen molar-refractivity contribution in [1.29, 1.82) is 0 Å². The molecular weight excluding hydrogens is 232 g/mol. The van der Waals surface area contributed by atoms with Crippen molar-refractivity contribution in [3.8, 4) is 0 Å². The fourth-order valence-corrected chi connectivity index (χ4v) is 1.47. The van der Waals surface area contributed by atoms with E-state index >= 15 is 0 Å². The van der Waals surface area contributed by atoms with Crippen LogP contribution in [0.3, 0.4) is 0 Å². The van der Waals surface area contributed by atoms with E-state index in [-0.39, 0.29) is 5.91 Å². The molecule has 0 saturated carbocycles. The maximum atomic E-state index is 12.2. The Hall–Kier alpha value is -1.69. The molecule has 0 aromatic carbocycles. The molecule has 0 unspecified atom stereocenters. The van der Waals surface area contributed by atoms with Gasteiger partial charge in [0, 0.05) is 26.7 Å². The molecule has 0 radical (unpaired) electrons. The van der Waals surface area contributed by atoms with Crippen molar-refractivity contribution in [3.63, 3.8) is 0 Å². The van der Waals surface area contributed by atoms with Crippen LogP contribution < -0.4 is 5.32 Å². The van der Waals surface area contributed by atoms with E-state index in [2.05, 4.69) is 15.3 Å². The van der Waals surface area contributed by atoms with Crippen LogP contribution in [0, 0.1) is 0 Å². The van der Waals surface area contributed by atoms with Gasteiger partial charge in [-0.2, -0.15) is 0 Å². The highest BCUT2D eigenvalue weighted by Gasteiger charge is 2.15. The van der Waals surface area contributed by atoms with Gasteiger partial charge in [-0.15, -0.1) is 0 Å². The molecule has 1 amide bonds. The average Bonchev–Trinajstić information content (AvgIpc) is 2.43. The predicted molar refractivity (Wildman–Crippen MR) is 69.6 cm³/mol. The molecular formula is C12H20N4O2. The van der Waals surface area contributed by atoms with Gasteiger partial charge in [-0.25, -0.2) is 4.98 Å². The van der Waals surface area contributed by atoms with E-state index in [4.69, 9.17) is 4.74 Å². The topological polar surface area (TPSA) is 67.3 Å². The second-order valence-electron chi connectivity index (χ2n) is 3.62. The van der Waals surface area contributed by atoms with Gasteiger partial charge < -0.3 is 15.0 Å².